The Morgan fingerprint density at radius 3 is 2.81 bits per heavy atom. The van der Waals surface area contributed by atoms with Gasteiger partial charge < -0.3 is 11.1 Å². The van der Waals surface area contributed by atoms with Crippen LogP contribution in [-0.2, 0) is 0 Å². The maximum atomic E-state index is 5.89. The van der Waals surface area contributed by atoms with E-state index in [1.807, 2.05) is 30.3 Å². The van der Waals surface area contributed by atoms with E-state index in [2.05, 4.69) is 19.2 Å². The van der Waals surface area contributed by atoms with Gasteiger partial charge in [0.2, 0.25) is 0 Å². The lowest BCUT2D eigenvalue weighted by Crippen LogP contribution is -2.31. The van der Waals surface area contributed by atoms with Gasteiger partial charge in [0.25, 0.3) is 0 Å². The van der Waals surface area contributed by atoms with Gasteiger partial charge in [0.15, 0.2) is 0 Å². The number of nitrogens with zero attached hydrogens (tertiary/aromatic N) is 1. The van der Waals surface area contributed by atoms with Gasteiger partial charge in [0.05, 0.1) is 5.52 Å². The van der Waals surface area contributed by atoms with Crippen LogP contribution in [0.4, 0.5) is 5.82 Å². The third-order valence-electron chi connectivity index (χ3n) is 4.56. The lowest BCUT2D eigenvalue weighted by molar-refractivity contribution is 0.349. The highest BCUT2D eigenvalue weighted by Crippen LogP contribution is 2.39. The zero-order chi connectivity index (χ0) is 15.0. The van der Waals surface area contributed by atoms with Crippen molar-refractivity contribution in [2.45, 2.75) is 39.2 Å². The van der Waals surface area contributed by atoms with E-state index < -0.39 is 0 Å². The molecule has 1 atom stereocenters. The van der Waals surface area contributed by atoms with E-state index in [-0.39, 0.29) is 0 Å². The molecule has 110 valence electrons. The van der Waals surface area contributed by atoms with Gasteiger partial charge in [0.1, 0.15) is 10.8 Å². The summed E-state index contributed by atoms with van der Waals surface area (Å²) in [6, 6.07) is 10.4. The summed E-state index contributed by atoms with van der Waals surface area (Å²) < 4.78 is 0. The Hall–Kier alpha value is -1.68. The van der Waals surface area contributed by atoms with Crippen molar-refractivity contribution >= 4 is 33.9 Å². The predicted octanol–water partition coefficient (Wildman–Crippen LogP) is 3.86. The first-order valence-electron chi connectivity index (χ1n) is 7.43. The zero-order valence-corrected chi connectivity index (χ0v) is 13.3. The van der Waals surface area contributed by atoms with Gasteiger partial charge in [-0.1, -0.05) is 50.7 Å². The summed E-state index contributed by atoms with van der Waals surface area (Å²) in [7, 11) is 0. The van der Waals surface area contributed by atoms with Gasteiger partial charge in [-0.2, -0.15) is 0 Å². The van der Waals surface area contributed by atoms with Crippen LogP contribution in [0, 0.1) is 5.41 Å². The van der Waals surface area contributed by atoms with E-state index in [1.165, 1.54) is 19.3 Å². The number of thiocarbonyl (C=S) groups is 1. The molecular weight excluding hydrogens is 278 g/mol. The summed E-state index contributed by atoms with van der Waals surface area (Å²) in [5, 5.41) is 4.61. The van der Waals surface area contributed by atoms with E-state index in [1.54, 1.807) is 0 Å². The summed E-state index contributed by atoms with van der Waals surface area (Å²) in [6.45, 7) is 4.63. The van der Waals surface area contributed by atoms with Crippen LogP contribution >= 0.6 is 12.2 Å². The van der Waals surface area contributed by atoms with Crippen LogP contribution in [0.1, 0.15) is 38.7 Å². The molecule has 0 radical (unpaired) electrons. The van der Waals surface area contributed by atoms with Gasteiger partial charge >= 0.3 is 0 Å². The fraction of sp³-hybridized carbons (Fsp3) is 0.412. The van der Waals surface area contributed by atoms with Crippen LogP contribution in [-0.4, -0.2) is 16.0 Å². The van der Waals surface area contributed by atoms with Crippen molar-refractivity contribution in [2.75, 3.05) is 5.32 Å². The fourth-order valence-corrected chi connectivity index (χ4v) is 3.39. The number of hydrogen-bond acceptors (Lipinski definition) is 3. The molecule has 1 heterocycles. The van der Waals surface area contributed by atoms with Gasteiger partial charge in [0, 0.05) is 17.0 Å². The summed E-state index contributed by atoms with van der Waals surface area (Å²) in [5.41, 5.74) is 8.02. The molecule has 3 nitrogen and oxygen atoms in total. The first kappa shape index (κ1) is 14.3. The smallest absolute Gasteiger partial charge is 0.127 e. The second-order valence-electron chi connectivity index (χ2n) is 6.51. The van der Waals surface area contributed by atoms with Crippen molar-refractivity contribution in [3.63, 3.8) is 0 Å². The molecule has 1 aromatic carbocycles. The molecule has 0 aliphatic heterocycles. The van der Waals surface area contributed by atoms with Crippen LogP contribution < -0.4 is 11.1 Å². The first-order chi connectivity index (χ1) is 9.97. The highest BCUT2D eigenvalue weighted by molar-refractivity contribution is 7.80. The SMILES string of the molecule is CC1(C)CCCC1Nc1cc(C(N)=S)c2ccccc2n1. The molecule has 0 amide bonds. The molecule has 4 heteroatoms. The normalized spacial score (nSPS) is 20.6. The molecule has 1 fully saturated rings. The number of pyridine rings is 1. The van der Waals surface area contributed by atoms with E-state index in [4.69, 9.17) is 22.9 Å². The molecule has 3 N–H and O–H groups in total. The topological polar surface area (TPSA) is 50.9 Å². The van der Waals surface area contributed by atoms with Gasteiger partial charge in [-0.15, -0.1) is 0 Å². The number of rotatable bonds is 3. The molecule has 0 bridgehead atoms. The highest BCUT2D eigenvalue weighted by Gasteiger charge is 2.34. The molecular formula is C17H21N3S. The Morgan fingerprint density at radius 2 is 2.14 bits per heavy atom. The second kappa shape index (κ2) is 5.26. The van der Waals surface area contributed by atoms with Crippen molar-refractivity contribution in [3.05, 3.63) is 35.9 Å². The van der Waals surface area contributed by atoms with Crippen molar-refractivity contribution in [2.24, 2.45) is 11.1 Å². The Morgan fingerprint density at radius 1 is 1.38 bits per heavy atom. The molecule has 0 spiro atoms. The van der Waals surface area contributed by atoms with Gasteiger partial charge in [-0.3, -0.25) is 0 Å². The van der Waals surface area contributed by atoms with Gasteiger partial charge in [-0.05, 0) is 30.4 Å². The number of nitrogens with two attached hydrogens (primary N) is 1. The molecule has 0 saturated heterocycles. The van der Waals surface area contributed by atoms with Crippen LogP contribution in [0.25, 0.3) is 10.9 Å². The Balaban J connectivity index is 2.01. The molecule has 3 rings (SSSR count). The molecule has 1 saturated carbocycles. The Labute approximate surface area is 130 Å². The third kappa shape index (κ3) is 2.72. The standard InChI is InChI=1S/C17H21N3S/c1-17(2)9-5-8-14(17)20-15-10-12(16(18)21)11-6-3-4-7-13(11)19-15/h3-4,6-7,10,14H,5,8-9H2,1-2H3,(H2,18,21)(H,19,20). The van der Waals surface area contributed by atoms with Crippen molar-refractivity contribution in [1.29, 1.82) is 0 Å². The zero-order valence-electron chi connectivity index (χ0n) is 12.5. The number of aromatic nitrogens is 1. The van der Waals surface area contributed by atoms with Crippen LogP contribution in [0.2, 0.25) is 0 Å². The number of nitrogens with one attached hydrogen (secondary N) is 1. The summed E-state index contributed by atoms with van der Waals surface area (Å²) in [5.74, 6) is 0.872. The highest BCUT2D eigenvalue weighted by atomic mass is 32.1. The van der Waals surface area contributed by atoms with E-state index in [9.17, 15) is 0 Å². The van der Waals surface area contributed by atoms with Crippen molar-refractivity contribution < 1.29 is 0 Å². The van der Waals surface area contributed by atoms with Crippen molar-refractivity contribution in [3.8, 4) is 0 Å². The maximum Gasteiger partial charge on any atom is 0.127 e. The maximum absolute atomic E-state index is 5.89. The second-order valence-corrected chi connectivity index (χ2v) is 6.95. The number of hydrogen-bond donors (Lipinski definition) is 2. The first-order valence-corrected chi connectivity index (χ1v) is 7.84. The number of para-hydroxylation sites is 1. The lowest BCUT2D eigenvalue weighted by Gasteiger charge is -2.28. The number of benzene rings is 1. The minimum Gasteiger partial charge on any atom is -0.389 e. The van der Waals surface area contributed by atoms with Crippen LogP contribution in [0.3, 0.4) is 0 Å². The average molecular weight is 299 g/mol. The number of anilines is 1. The predicted molar refractivity (Wildman–Crippen MR) is 92.7 cm³/mol. The number of fused-ring (bicyclic) bond motifs is 1. The average Bonchev–Trinajstić information content (AvgIpc) is 2.77. The molecule has 1 aliphatic carbocycles. The summed E-state index contributed by atoms with van der Waals surface area (Å²) in [4.78, 5) is 5.14. The fourth-order valence-electron chi connectivity index (χ4n) is 3.23. The minimum absolute atomic E-state index is 0.302. The van der Waals surface area contributed by atoms with Gasteiger partial charge in [-0.25, -0.2) is 4.98 Å². The molecule has 1 aliphatic rings. The lowest BCUT2D eigenvalue weighted by atomic mass is 9.87. The molecule has 1 unspecified atom stereocenters. The quantitative estimate of drug-likeness (QED) is 0.845. The summed E-state index contributed by atoms with van der Waals surface area (Å²) >= 11 is 5.20. The molecule has 2 aromatic rings. The van der Waals surface area contributed by atoms with Crippen LogP contribution in [0.15, 0.2) is 30.3 Å². The van der Waals surface area contributed by atoms with E-state index in [0.717, 1.165) is 22.3 Å². The van der Waals surface area contributed by atoms with E-state index >= 15 is 0 Å². The molecule has 21 heavy (non-hydrogen) atoms. The van der Waals surface area contributed by atoms with Crippen molar-refractivity contribution in [1.82, 2.24) is 4.98 Å². The third-order valence-corrected chi connectivity index (χ3v) is 4.78. The minimum atomic E-state index is 0.302. The van der Waals surface area contributed by atoms with Crippen LogP contribution in [0.5, 0.6) is 0 Å². The van der Waals surface area contributed by atoms with E-state index in [0.29, 0.717) is 16.4 Å². The summed E-state index contributed by atoms with van der Waals surface area (Å²) in [6.07, 6.45) is 3.70. The largest absolute Gasteiger partial charge is 0.389 e. The Kier molecular flexibility index (Phi) is 3.57. The monoisotopic (exact) mass is 299 g/mol. The molecule has 1 aromatic heterocycles. The Bertz CT molecular complexity index is 693.